The van der Waals surface area contributed by atoms with Crippen LogP contribution in [-0.2, 0) is 6.54 Å². The van der Waals surface area contributed by atoms with Crippen LogP contribution in [0, 0.1) is 0 Å². The number of benzene rings is 5. The second-order valence-corrected chi connectivity index (χ2v) is 9.82. The third kappa shape index (κ3) is 4.28. The molecular weight excluding hydrogens is 515 g/mol. The summed E-state index contributed by atoms with van der Waals surface area (Å²) in [5.41, 5.74) is 10.7. The number of nitrogens with two attached hydrogens (primary N) is 1. The van der Waals surface area contributed by atoms with Crippen molar-refractivity contribution < 1.29 is 9.53 Å². The van der Waals surface area contributed by atoms with Gasteiger partial charge in [-0.05, 0) is 54.1 Å². The first-order chi connectivity index (χ1) is 18.5. The highest BCUT2D eigenvalue weighted by Gasteiger charge is 2.19. The van der Waals surface area contributed by atoms with Crippen LogP contribution in [0.1, 0.15) is 15.9 Å². The smallest absolute Gasteiger partial charge is 0.249 e. The molecule has 0 aliphatic heterocycles. The van der Waals surface area contributed by atoms with Gasteiger partial charge in [0.15, 0.2) is 0 Å². The molecule has 0 bridgehead atoms. The van der Waals surface area contributed by atoms with Gasteiger partial charge in [-0.15, -0.1) is 0 Å². The zero-order chi connectivity index (χ0) is 26.2. The average Bonchev–Trinajstić information content (AvgIpc) is 3.23. The molecule has 4 nitrogen and oxygen atoms in total. The number of para-hydroxylation sites is 2. The lowest BCUT2D eigenvalue weighted by Gasteiger charge is -2.14. The predicted octanol–water partition coefficient (Wildman–Crippen LogP) is 8.71. The van der Waals surface area contributed by atoms with Gasteiger partial charge in [0.25, 0.3) is 0 Å². The molecule has 2 N–H and O–H groups in total. The van der Waals surface area contributed by atoms with Crippen molar-refractivity contribution in [2.75, 3.05) is 0 Å². The Balaban J connectivity index is 1.58. The van der Waals surface area contributed by atoms with Crippen LogP contribution in [0.25, 0.3) is 32.9 Å². The van der Waals surface area contributed by atoms with Crippen LogP contribution in [0.5, 0.6) is 11.5 Å². The first-order valence-electron chi connectivity index (χ1n) is 12.1. The fourth-order valence-electron chi connectivity index (χ4n) is 4.97. The largest absolute Gasteiger partial charge is 0.457 e. The van der Waals surface area contributed by atoms with Gasteiger partial charge in [0.2, 0.25) is 5.91 Å². The first-order valence-corrected chi connectivity index (χ1v) is 12.9. The molecule has 0 aliphatic carbocycles. The third-order valence-corrected chi connectivity index (χ3v) is 7.31. The summed E-state index contributed by atoms with van der Waals surface area (Å²) in [6.07, 6.45) is 0. The molecule has 6 aromatic rings. The van der Waals surface area contributed by atoms with Crippen LogP contribution in [0.4, 0.5) is 0 Å². The molecule has 0 saturated heterocycles. The number of primary amides is 1. The molecule has 38 heavy (non-hydrogen) atoms. The minimum Gasteiger partial charge on any atom is -0.457 e. The molecule has 6 heteroatoms. The lowest BCUT2D eigenvalue weighted by molar-refractivity contribution is 0.100. The van der Waals surface area contributed by atoms with Crippen LogP contribution in [0.2, 0.25) is 10.0 Å². The fourth-order valence-corrected chi connectivity index (χ4v) is 5.58. The van der Waals surface area contributed by atoms with Crippen molar-refractivity contribution in [2.24, 2.45) is 5.73 Å². The van der Waals surface area contributed by atoms with Crippen LogP contribution < -0.4 is 10.5 Å². The molecule has 0 aliphatic rings. The second kappa shape index (κ2) is 9.90. The number of nitrogens with zero attached hydrogens (tertiary/aromatic N) is 1. The molecule has 0 atom stereocenters. The van der Waals surface area contributed by atoms with E-state index in [-0.39, 0.29) is 0 Å². The number of carbonyl (C=O) groups is 1. The van der Waals surface area contributed by atoms with Crippen molar-refractivity contribution in [3.8, 4) is 22.6 Å². The molecule has 1 aromatic heterocycles. The van der Waals surface area contributed by atoms with Crippen molar-refractivity contribution in [1.82, 2.24) is 4.57 Å². The van der Waals surface area contributed by atoms with Gasteiger partial charge in [-0.25, -0.2) is 0 Å². The molecule has 6 rings (SSSR count). The van der Waals surface area contributed by atoms with Gasteiger partial charge in [-0.3, -0.25) is 4.79 Å². The summed E-state index contributed by atoms with van der Waals surface area (Å²) >= 11 is 13.1. The van der Waals surface area contributed by atoms with Gasteiger partial charge in [-0.1, -0.05) is 83.9 Å². The first kappa shape index (κ1) is 24.1. The summed E-state index contributed by atoms with van der Waals surface area (Å²) < 4.78 is 8.43. The molecule has 0 radical (unpaired) electrons. The Labute approximate surface area is 229 Å². The Morgan fingerprint density at radius 3 is 2.24 bits per heavy atom. The number of carbonyl (C=O) groups excluding carboxylic acids is 1. The van der Waals surface area contributed by atoms with Crippen LogP contribution in [0.3, 0.4) is 0 Å². The van der Waals surface area contributed by atoms with E-state index < -0.39 is 5.91 Å². The van der Waals surface area contributed by atoms with E-state index in [1.54, 1.807) is 6.07 Å². The van der Waals surface area contributed by atoms with Gasteiger partial charge >= 0.3 is 0 Å². The van der Waals surface area contributed by atoms with Gasteiger partial charge in [0.1, 0.15) is 11.5 Å². The number of halogens is 2. The summed E-state index contributed by atoms with van der Waals surface area (Å²) in [6.45, 7) is 0.505. The maximum atomic E-state index is 12.4. The van der Waals surface area contributed by atoms with Crippen molar-refractivity contribution in [3.63, 3.8) is 0 Å². The van der Waals surface area contributed by atoms with E-state index >= 15 is 0 Å². The summed E-state index contributed by atoms with van der Waals surface area (Å²) in [5.74, 6) is 1.04. The summed E-state index contributed by atoms with van der Waals surface area (Å²) in [4.78, 5) is 12.4. The van der Waals surface area contributed by atoms with E-state index in [4.69, 9.17) is 33.7 Å². The van der Waals surface area contributed by atoms with E-state index in [9.17, 15) is 4.79 Å². The topological polar surface area (TPSA) is 57.2 Å². The van der Waals surface area contributed by atoms with Gasteiger partial charge in [0, 0.05) is 37.5 Å². The monoisotopic (exact) mass is 536 g/mol. The molecule has 1 heterocycles. The van der Waals surface area contributed by atoms with Crippen molar-refractivity contribution in [1.29, 1.82) is 0 Å². The standard InChI is InChI=1S/C32H22Cl2N2O2/c33-25-12-7-13-26(34)30(25)20-16-17-23-28(18-20)36(27-14-6-11-24(31(23)27)32(35)37)19-21-8-4-5-15-29(21)38-22-9-2-1-3-10-22/h1-18H,19H2,(H2,35,37). The van der Waals surface area contributed by atoms with Crippen molar-refractivity contribution in [2.45, 2.75) is 6.54 Å². The Hall–Kier alpha value is -4.25. The minimum absolute atomic E-state index is 0.472. The SMILES string of the molecule is NC(=O)c1cccc2c1c1ccc(-c3c(Cl)cccc3Cl)cc1n2Cc1ccccc1Oc1ccccc1. The second-order valence-electron chi connectivity index (χ2n) is 9.00. The van der Waals surface area contributed by atoms with Crippen LogP contribution in [0.15, 0.2) is 109 Å². The molecule has 0 fully saturated rings. The average molecular weight is 537 g/mol. The molecule has 0 unspecified atom stereocenters. The summed E-state index contributed by atoms with van der Waals surface area (Å²) in [7, 11) is 0. The van der Waals surface area contributed by atoms with E-state index in [2.05, 4.69) is 10.6 Å². The maximum absolute atomic E-state index is 12.4. The highest BCUT2D eigenvalue weighted by molar-refractivity contribution is 6.39. The Morgan fingerprint density at radius 1 is 0.763 bits per heavy atom. The normalized spacial score (nSPS) is 11.2. The molecule has 0 saturated carbocycles. The molecule has 5 aromatic carbocycles. The van der Waals surface area contributed by atoms with Crippen LogP contribution in [-0.4, -0.2) is 10.5 Å². The quantitative estimate of drug-likeness (QED) is 0.231. The van der Waals surface area contributed by atoms with E-state index in [0.717, 1.165) is 50.0 Å². The lowest BCUT2D eigenvalue weighted by Crippen LogP contribution is -2.11. The summed E-state index contributed by atoms with van der Waals surface area (Å²) in [5, 5.41) is 2.87. The fraction of sp³-hybridized carbons (Fsp3) is 0.0312. The Morgan fingerprint density at radius 2 is 1.47 bits per heavy atom. The van der Waals surface area contributed by atoms with Gasteiger partial charge in [-0.2, -0.15) is 0 Å². The number of amides is 1. The number of ether oxygens (including phenoxy) is 1. The number of rotatable bonds is 6. The number of hydrogen-bond donors (Lipinski definition) is 1. The van der Waals surface area contributed by atoms with E-state index in [1.807, 2.05) is 97.1 Å². The molecule has 1 amide bonds. The third-order valence-electron chi connectivity index (χ3n) is 6.68. The van der Waals surface area contributed by atoms with Crippen molar-refractivity contribution in [3.05, 3.63) is 130 Å². The predicted molar refractivity (Wildman–Crippen MR) is 155 cm³/mol. The van der Waals surface area contributed by atoms with Gasteiger partial charge in [0.05, 0.1) is 17.6 Å². The van der Waals surface area contributed by atoms with E-state index in [1.165, 1.54) is 0 Å². The minimum atomic E-state index is -0.472. The number of fused-ring (bicyclic) bond motifs is 3. The molecular formula is C32H22Cl2N2O2. The highest BCUT2D eigenvalue weighted by Crippen LogP contribution is 2.39. The summed E-state index contributed by atoms with van der Waals surface area (Å²) in [6, 6.07) is 34.8. The van der Waals surface area contributed by atoms with Gasteiger partial charge < -0.3 is 15.0 Å². The van der Waals surface area contributed by atoms with E-state index in [0.29, 0.717) is 22.2 Å². The number of hydrogen-bond acceptors (Lipinski definition) is 2. The Bertz CT molecular complexity index is 1810. The lowest BCUT2D eigenvalue weighted by atomic mass is 10.0. The number of aromatic nitrogens is 1. The maximum Gasteiger partial charge on any atom is 0.249 e. The zero-order valence-corrected chi connectivity index (χ0v) is 21.7. The molecule has 0 spiro atoms. The Kier molecular flexibility index (Phi) is 6.28. The van der Waals surface area contributed by atoms with Crippen molar-refractivity contribution >= 4 is 50.9 Å². The highest BCUT2D eigenvalue weighted by atomic mass is 35.5. The zero-order valence-electron chi connectivity index (χ0n) is 20.2. The van der Waals surface area contributed by atoms with Crippen LogP contribution >= 0.6 is 23.2 Å². The molecule has 186 valence electrons.